The van der Waals surface area contributed by atoms with Gasteiger partial charge in [0.1, 0.15) is 12.1 Å². The van der Waals surface area contributed by atoms with Crippen molar-refractivity contribution in [3.8, 4) is 5.75 Å². The zero-order chi connectivity index (χ0) is 22.2. The Morgan fingerprint density at radius 2 is 1.69 bits per heavy atom. The summed E-state index contributed by atoms with van der Waals surface area (Å²) in [5.41, 5.74) is 1.44. The first-order valence-corrected chi connectivity index (χ1v) is 11.7. The van der Waals surface area contributed by atoms with Crippen molar-refractivity contribution in [1.29, 1.82) is 0 Å². The first kappa shape index (κ1) is 22.2. The summed E-state index contributed by atoms with van der Waals surface area (Å²) in [7, 11) is 0. The number of hydrogen-bond donors (Lipinski definition) is 0. The number of carbonyl (C=O) groups excluding carboxylic acids is 2. The molecule has 4 rings (SSSR count). The van der Waals surface area contributed by atoms with E-state index >= 15 is 0 Å². The van der Waals surface area contributed by atoms with Crippen molar-refractivity contribution in [2.75, 3.05) is 32.8 Å². The van der Waals surface area contributed by atoms with Crippen molar-refractivity contribution in [1.82, 2.24) is 19.8 Å². The number of nitrogens with zero attached hydrogens (tertiary/aromatic N) is 4. The van der Waals surface area contributed by atoms with E-state index in [4.69, 9.17) is 4.74 Å². The van der Waals surface area contributed by atoms with Crippen LogP contribution in [-0.2, 0) is 11.2 Å². The molecule has 2 aliphatic rings. The second-order valence-corrected chi connectivity index (χ2v) is 8.77. The Bertz CT molecular complexity index is 891. The lowest BCUT2D eigenvalue weighted by molar-refractivity contribution is -0.131. The lowest BCUT2D eigenvalue weighted by Crippen LogP contribution is -2.51. The molecular formula is C25H32N4O3. The van der Waals surface area contributed by atoms with Crippen LogP contribution in [0.4, 0.5) is 0 Å². The van der Waals surface area contributed by atoms with Crippen LogP contribution in [0.15, 0.2) is 43.0 Å². The predicted molar refractivity (Wildman–Crippen MR) is 121 cm³/mol. The van der Waals surface area contributed by atoms with E-state index in [0.717, 1.165) is 23.7 Å². The third kappa shape index (κ3) is 6.05. The highest BCUT2D eigenvalue weighted by molar-refractivity contribution is 5.94. The third-order valence-electron chi connectivity index (χ3n) is 6.49. The number of rotatable bonds is 7. The molecule has 2 fully saturated rings. The molecule has 2 aromatic rings. The monoisotopic (exact) mass is 436 g/mol. The fourth-order valence-electron chi connectivity index (χ4n) is 4.59. The minimum Gasteiger partial charge on any atom is -0.494 e. The van der Waals surface area contributed by atoms with Crippen LogP contribution in [0.3, 0.4) is 0 Å². The lowest BCUT2D eigenvalue weighted by Gasteiger charge is -2.35. The van der Waals surface area contributed by atoms with Crippen LogP contribution in [0.1, 0.15) is 54.4 Å². The van der Waals surface area contributed by atoms with Gasteiger partial charge in [-0.25, -0.2) is 9.97 Å². The molecular weight excluding hydrogens is 404 g/mol. The van der Waals surface area contributed by atoms with Gasteiger partial charge in [0.05, 0.1) is 13.0 Å². The molecule has 1 aliphatic carbocycles. The average molecular weight is 437 g/mol. The molecule has 1 saturated heterocycles. The van der Waals surface area contributed by atoms with Gasteiger partial charge in [0.15, 0.2) is 0 Å². The Morgan fingerprint density at radius 3 is 2.44 bits per heavy atom. The standard InChI is InChI=1S/C25H32N4O3/c30-24(15-21-17-26-19-27-18-21)28-10-12-29(13-11-28)25(31)22-7-4-8-23(16-22)32-14-9-20-5-2-1-3-6-20/h4,7-8,16-20H,1-3,5-6,9-15H2. The fourth-order valence-corrected chi connectivity index (χ4v) is 4.59. The SMILES string of the molecule is O=C(Cc1cncnc1)N1CCN(C(=O)c2cccc(OCCC3CCCCC3)c2)CC1. The largest absolute Gasteiger partial charge is 0.494 e. The van der Waals surface area contributed by atoms with Crippen molar-refractivity contribution in [3.63, 3.8) is 0 Å². The summed E-state index contributed by atoms with van der Waals surface area (Å²) in [6, 6.07) is 7.48. The molecule has 0 N–H and O–H groups in total. The number of piperazine rings is 1. The molecule has 0 spiro atoms. The minimum absolute atomic E-state index is 0.00807. The van der Waals surface area contributed by atoms with E-state index in [1.54, 1.807) is 12.4 Å². The number of amides is 2. The van der Waals surface area contributed by atoms with E-state index in [1.807, 2.05) is 34.1 Å². The van der Waals surface area contributed by atoms with Gasteiger partial charge in [-0.2, -0.15) is 0 Å². The molecule has 1 aromatic carbocycles. The highest BCUT2D eigenvalue weighted by Crippen LogP contribution is 2.26. The minimum atomic E-state index is -0.00807. The second kappa shape index (κ2) is 11.1. The highest BCUT2D eigenvalue weighted by Gasteiger charge is 2.25. The first-order valence-electron chi connectivity index (χ1n) is 11.7. The summed E-state index contributed by atoms with van der Waals surface area (Å²) < 4.78 is 5.96. The van der Waals surface area contributed by atoms with Crippen molar-refractivity contribution in [2.24, 2.45) is 5.92 Å². The van der Waals surface area contributed by atoms with Crippen LogP contribution in [0.2, 0.25) is 0 Å². The van der Waals surface area contributed by atoms with E-state index in [0.29, 0.717) is 38.3 Å². The molecule has 7 heteroatoms. The molecule has 170 valence electrons. The maximum absolute atomic E-state index is 13.0. The summed E-state index contributed by atoms with van der Waals surface area (Å²) in [6.07, 6.45) is 12.8. The fraction of sp³-hybridized carbons (Fsp3) is 0.520. The quantitative estimate of drug-likeness (QED) is 0.665. The maximum atomic E-state index is 13.0. The molecule has 7 nitrogen and oxygen atoms in total. The summed E-state index contributed by atoms with van der Waals surface area (Å²) in [5, 5.41) is 0. The molecule has 0 bridgehead atoms. The Morgan fingerprint density at radius 1 is 0.969 bits per heavy atom. The van der Waals surface area contributed by atoms with E-state index in [1.165, 1.54) is 38.4 Å². The number of carbonyl (C=O) groups is 2. The molecule has 2 amide bonds. The van der Waals surface area contributed by atoms with Gasteiger partial charge >= 0.3 is 0 Å². The molecule has 1 aliphatic heterocycles. The summed E-state index contributed by atoms with van der Waals surface area (Å²) in [6.45, 7) is 2.84. The summed E-state index contributed by atoms with van der Waals surface area (Å²) in [4.78, 5) is 37.0. The molecule has 1 aromatic heterocycles. The van der Waals surface area contributed by atoms with Gasteiger partial charge in [0.25, 0.3) is 5.91 Å². The van der Waals surface area contributed by atoms with Gasteiger partial charge in [-0.3, -0.25) is 9.59 Å². The highest BCUT2D eigenvalue weighted by atomic mass is 16.5. The van der Waals surface area contributed by atoms with Crippen LogP contribution in [0, 0.1) is 5.92 Å². The van der Waals surface area contributed by atoms with Crippen molar-refractivity contribution < 1.29 is 14.3 Å². The van der Waals surface area contributed by atoms with Gasteiger partial charge in [-0.1, -0.05) is 38.2 Å². The van der Waals surface area contributed by atoms with Crippen molar-refractivity contribution in [2.45, 2.75) is 44.9 Å². The lowest BCUT2D eigenvalue weighted by atomic mass is 9.87. The Balaban J connectivity index is 1.24. The van der Waals surface area contributed by atoms with Crippen molar-refractivity contribution >= 4 is 11.8 Å². The van der Waals surface area contributed by atoms with E-state index < -0.39 is 0 Å². The molecule has 1 saturated carbocycles. The number of aromatic nitrogens is 2. The number of benzene rings is 1. The van der Waals surface area contributed by atoms with Crippen molar-refractivity contribution in [3.05, 3.63) is 54.1 Å². The van der Waals surface area contributed by atoms with Gasteiger partial charge in [0, 0.05) is 44.1 Å². The summed E-state index contributed by atoms with van der Waals surface area (Å²) >= 11 is 0. The number of hydrogen-bond acceptors (Lipinski definition) is 5. The van der Waals surface area contributed by atoms with Gasteiger partial charge in [-0.05, 0) is 36.1 Å². The second-order valence-electron chi connectivity index (χ2n) is 8.77. The van der Waals surface area contributed by atoms with E-state index in [2.05, 4.69) is 9.97 Å². The number of ether oxygens (including phenoxy) is 1. The topological polar surface area (TPSA) is 75.6 Å². The molecule has 2 heterocycles. The zero-order valence-electron chi connectivity index (χ0n) is 18.6. The smallest absolute Gasteiger partial charge is 0.254 e. The maximum Gasteiger partial charge on any atom is 0.254 e. The van der Waals surface area contributed by atoms with Crippen LogP contribution < -0.4 is 4.74 Å². The van der Waals surface area contributed by atoms with E-state index in [-0.39, 0.29) is 18.2 Å². The molecule has 0 radical (unpaired) electrons. The first-order chi connectivity index (χ1) is 15.7. The van der Waals surface area contributed by atoms with Gasteiger partial charge < -0.3 is 14.5 Å². The van der Waals surface area contributed by atoms with Gasteiger partial charge in [-0.15, -0.1) is 0 Å². The Kier molecular flexibility index (Phi) is 7.69. The normalized spacial score (nSPS) is 17.2. The molecule has 0 unspecified atom stereocenters. The molecule has 32 heavy (non-hydrogen) atoms. The average Bonchev–Trinajstić information content (AvgIpc) is 2.85. The Hall–Kier alpha value is -2.96. The van der Waals surface area contributed by atoms with Crippen LogP contribution in [0.5, 0.6) is 5.75 Å². The Labute approximate surface area is 189 Å². The molecule has 0 atom stereocenters. The predicted octanol–water partition coefficient (Wildman–Crippen LogP) is 3.35. The summed E-state index contributed by atoms with van der Waals surface area (Å²) in [5.74, 6) is 1.57. The van der Waals surface area contributed by atoms with Crippen LogP contribution in [-0.4, -0.2) is 64.4 Å². The van der Waals surface area contributed by atoms with Gasteiger partial charge in [0.2, 0.25) is 5.91 Å². The third-order valence-corrected chi connectivity index (χ3v) is 6.49. The van der Waals surface area contributed by atoms with Crippen LogP contribution in [0.25, 0.3) is 0 Å². The van der Waals surface area contributed by atoms with Crippen LogP contribution >= 0.6 is 0 Å². The van der Waals surface area contributed by atoms with E-state index in [9.17, 15) is 9.59 Å². The zero-order valence-corrected chi connectivity index (χ0v) is 18.6.